The van der Waals surface area contributed by atoms with Crippen molar-refractivity contribution in [2.75, 3.05) is 0 Å². The zero-order valence-electron chi connectivity index (χ0n) is 12.2. The molecule has 2 aromatic rings. The van der Waals surface area contributed by atoms with Crippen molar-refractivity contribution in [2.45, 2.75) is 52.5 Å². The van der Waals surface area contributed by atoms with Gasteiger partial charge < -0.3 is 9.67 Å². The second-order valence-electron chi connectivity index (χ2n) is 5.10. The van der Waals surface area contributed by atoms with E-state index in [0.717, 1.165) is 36.2 Å². The van der Waals surface area contributed by atoms with Crippen molar-refractivity contribution >= 4 is 17.0 Å². The first-order valence-corrected chi connectivity index (χ1v) is 7.39. The molecule has 20 heavy (non-hydrogen) atoms. The van der Waals surface area contributed by atoms with E-state index in [0.29, 0.717) is 5.56 Å². The minimum Gasteiger partial charge on any atom is -0.478 e. The molecule has 1 heterocycles. The molecule has 0 bridgehead atoms. The van der Waals surface area contributed by atoms with Gasteiger partial charge in [-0.05, 0) is 24.6 Å². The molecule has 4 heteroatoms. The van der Waals surface area contributed by atoms with Gasteiger partial charge in [-0.2, -0.15) is 0 Å². The molecule has 108 valence electrons. The van der Waals surface area contributed by atoms with E-state index in [9.17, 15) is 4.79 Å². The van der Waals surface area contributed by atoms with Crippen molar-refractivity contribution in [3.63, 3.8) is 0 Å². The van der Waals surface area contributed by atoms with E-state index in [4.69, 9.17) is 5.11 Å². The number of aromatic nitrogens is 2. The Morgan fingerprint density at radius 2 is 2.05 bits per heavy atom. The zero-order chi connectivity index (χ0) is 14.5. The van der Waals surface area contributed by atoms with Crippen LogP contribution in [0.5, 0.6) is 0 Å². The van der Waals surface area contributed by atoms with Gasteiger partial charge in [-0.3, -0.25) is 0 Å². The van der Waals surface area contributed by atoms with E-state index < -0.39 is 5.97 Å². The predicted molar refractivity (Wildman–Crippen MR) is 80.2 cm³/mol. The van der Waals surface area contributed by atoms with Gasteiger partial charge in [0.1, 0.15) is 5.82 Å². The largest absolute Gasteiger partial charge is 0.478 e. The van der Waals surface area contributed by atoms with Crippen molar-refractivity contribution in [3.05, 3.63) is 29.6 Å². The van der Waals surface area contributed by atoms with Gasteiger partial charge in [0.05, 0.1) is 16.6 Å². The van der Waals surface area contributed by atoms with E-state index in [1.165, 1.54) is 19.3 Å². The Hall–Kier alpha value is -1.84. The Bertz CT molecular complexity index is 602. The number of carbonyl (C=O) groups is 1. The number of rotatable bonds is 7. The molecule has 0 unspecified atom stereocenters. The van der Waals surface area contributed by atoms with E-state index in [1.54, 1.807) is 18.2 Å². The molecule has 0 aliphatic carbocycles. The van der Waals surface area contributed by atoms with Gasteiger partial charge in [0, 0.05) is 13.0 Å². The lowest BCUT2D eigenvalue weighted by Crippen LogP contribution is -2.04. The number of aromatic carboxylic acids is 1. The monoisotopic (exact) mass is 274 g/mol. The number of aryl methyl sites for hydroxylation is 2. The number of benzene rings is 1. The van der Waals surface area contributed by atoms with E-state index in [1.807, 2.05) is 0 Å². The first-order chi connectivity index (χ1) is 9.67. The molecule has 0 aliphatic rings. The van der Waals surface area contributed by atoms with Gasteiger partial charge >= 0.3 is 5.97 Å². The van der Waals surface area contributed by atoms with Crippen LogP contribution in [0.1, 0.15) is 55.7 Å². The Kier molecular flexibility index (Phi) is 4.77. The average molecular weight is 274 g/mol. The highest BCUT2D eigenvalue weighted by atomic mass is 16.4. The quantitative estimate of drug-likeness (QED) is 0.780. The molecular weight excluding hydrogens is 252 g/mol. The van der Waals surface area contributed by atoms with Crippen molar-refractivity contribution < 1.29 is 9.90 Å². The van der Waals surface area contributed by atoms with Crippen molar-refractivity contribution in [2.24, 2.45) is 0 Å². The summed E-state index contributed by atoms with van der Waals surface area (Å²) in [7, 11) is 0. The summed E-state index contributed by atoms with van der Waals surface area (Å²) in [5.74, 6) is 0.155. The summed E-state index contributed by atoms with van der Waals surface area (Å²) in [6, 6.07) is 5.17. The van der Waals surface area contributed by atoms with Gasteiger partial charge in [-0.15, -0.1) is 0 Å². The molecule has 2 rings (SSSR count). The molecule has 1 N–H and O–H groups in total. The third-order valence-corrected chi connectivity index (χ3v) is 3.63. The summed E-state index contributed by atoms with van der Waals surface area (Å²) in [4.78, 5) is 15.7. The Labute approximate surface area is 119 Å². The van der Waals surface area contributed by atoms with Crippen LogP contribution in [0.15, 0.2) is 18.2 Å². The molecule has 0 saturated carbocycles. The maximum Gasteiger partial charge on any atom is 0.335 e. The van der Waals surface area contributed by atoms with Gasteiger partial charge in [-0.25, -0.2) is 9.78 Å². The summed E-state index contributed by atoms with van der Waals surface area (Å²) in [5, 5.41) is 9.12. The molecule has 0 spiro atoms. The van der Waals surface area contributed by atoms with Crippen LogP contribution in [0.3, 0.4) is 0 Å². The Morgan fingerprint density at radius 3 is 2.70 bits per heavy atom. The van der Waals surface area contributed by atoms with Crippen LogP contribution in [0, 0.1) is 0 Å². The highest BCUT2D eigenvalue weighted by Gasteiger charge is 2.12. The number of imidazole rings is 1. The van der Waals surface area contributed by atoms with Crippen LogP contribution < -0.4 is 0 Å². The summed E-state index contributed by atoms with van der Waals surface area (Å²) in [5.41, 5.74) is 2.16. The van der Waals surface area contributed by atoms with E-state index in [2.05, 4.69) is 23.4 Å². The number of hydrogen-bond acceptors (Lipinski definition) is 2. The fourth-order valence-electron chi connectivity index (χ4n) is 2.52. The van der Waals surface area contributed by atoms with Gasteiger partial charge in [0.15, 0.2) is 0 Å². The molecule has 0 radical (unpaired) electrons. The van der Waals surface area contributed by atoms with Gasteiger partial charge in [0.2, 0.25) is 0 Å². The fourth-order valence-corrected chi connectivity index (χ4v) is 2.52. The molecule has 0 saturated heterocycles. The predicted octanol–water partition coefficient (Wildman–Crippen LogP) is 3.88. The minimum atomic E-state index is -0.885. The fraction of sp³-hybridized carbons (Fsp3) is 0.500. The number of hydrogen-bond donors (Lipinski definition) is 1. The maximum absolute atomic E-state index is 11.1. The Morgan fingerprint density at radius 1 is 1.25 bits per heavy atom. The van der Waals surface area contributed by atoms with Crippen LogP contribution >= 0.6 is 0 Å². The third kappa shape index (κ3) is 3.00. The lowest BCUT2D eigenvalue weighted by molar-refractivity contribution is 0.0697. The standard InChI is InChI=1S/C16H22N2O2/c1-3-5-6-7-10-18-14-11-12(16(19)20)8-9-13(14)17-15(18)4-2/h8-9,11H,3-7,10H2,1-2H3,(H,19,20). The second kappa shape index (κ2) is 6.55. The first-order valence-electron chi connectivity index (χ1n) is 7.39. The van der Waals surface area contributed by atoms with Gasteiger partial charge in [0.25, 0.3) is 0 Å². The van der Waals surface area contributed by atoms with Crippen LogP contribution in [0.2, 0.25) is 0 Å². The molecule has 0 fully saturated rings. The summed E-state index contributed by atoms with van der Waals surface area (Å²) in [6.45, 7) is 5.20. The SMILES string of the molecule is CCCCCCn1c(CC)nc2ccc(C(=O)O)cc21. The molecule has 0 amide bonds. The third-order valence-electron chi connectivity index (χ3n) is 3.63. The number of nitrogens with zero attached hydrogens (tertiary/aromatic N) is 2. The summed E-state index contributed by atoms with van der Waals surface area (Å²) in [6.07, 6.45) is 5.65. The van der Waals surface area contributed by atoms with Crippen molar-refractivity contribution in [1.82, 2.24) is 9.55 Å². The molecule has 0 aliphatic heterocycles. The second-order valence-corrected chi connectivity index (χ2v) is 5.10. The summed E-state index contributed by atoms with van der Waals surface area (Å²) >= 11 is 0. The topological polar surface area (TPSA) is 55.1 Å². The molecule has 0 atom stereocenters. The number of carboxylic acids is 1. The van der Waals surface area contributed by atoms with Crippen LogP contribution in [0.4, 0.5) is 0 Å². The van der Waals surface area contributed by atoms with Crippen LogP contribution in [-0.4, -0.2) is 20.6 Å². The molecule has 1 aromatic carbocycles. The van der Waals surface area contributed by atoms with Crippen molar-refractivity contribution in [3.8, 4) is 0 Å². The Balaban J connectivity index is 2.33. The van der Waals surface area contributed by atoms with E-state index in [-0.39, 0.29) is 0 Å². The molecule has 1 aromatic heterocycles. The molecule has 4 nitrogen and oxygen atoms in total. The van der Waals surface area contributed by atoms with E-state index >= 15 is 0 Å². The highest BCUT2D eigenvalue weighted by molar-refractivity contribution is 5.92. The first kappa shape index (κ1) is 14.6. The van der Waals surface area contributed by atoms with Crippen LogP contribution in [-0.2, 0) is 13.0 Å². The average Bonchev–Trinajstić information content (AvgIpc) is 2.80. The molecular formula is C16H22N2O2. The lowest BCUT2D eigenvalue weighted by Gasteiger charge is -2.08. The smallest absolute Gasteiger partial charge is 0.335 e. The maximum atomic E-state index is 11.1. The number of unbranched alkanes of at least 4 members (excludes halogenated alkanes) is 3. The minimum absolute atomic E-state index is 0.329. The van der Waals surface area contributed by atoms with Gasteiger partial charge in [-0.1, -0.05) is 33.1 Å². The lowest BCUT2D eigenvalue weighted by atomic mass is 10.2. The van der Waals surface area contributed by atoms with Crippen LogP contribution in [0.25, 0.3) is 11.0 Å². The number of fused-ring (bicyclic) bond motifs is 1. The number of carboxylic acid groups (broad SMARTS) is 1. The normalized spacial score (nSPS) is 11.1. The zero-order valence-corrected chi connectivity index (χ0v) is 12.2. The van der Waals surface area contributed by atoms with Crippen molar-refractivity contribution in [1.29, 1.82) is 0 Å². The summed E-state index contributed by atoms with van der Waals surface area (Å²) < 4.78 is 2.18. The highest BCUT2D eigenvalue weighted by Crippen LogP contribution is 2.20.